The zero-order valence-corrected chi connectivity index (χ0v) is 9.62. The van der Waals surface area contributed by atoms with Crippen LogP contribution in [0.4, 0.5) is 19.0 Å². The fourth-order valence-electron chi connectivity index (χ4n) is 1.29. The summed E-state index contributed by atoms with van der Waals surface area (Å²) in [6.07, 6.45) is -4.45. The minimum absolute atomic E-state index is 0.0938. The number of hydrogen-bond donors (Lipinski definition) is 2. The molecule has 0 aliphatic heterocycles. The van der Waals surface area contributed by atoms with Crippen LogP contribution in [0.3, 0.4) is 0 Å². The molecule has 1 heterocycles. The second-order valence-corrected chi connectivity index (χ2v) is 4.08. The van der Waals surface area contributed by atoms with Gasteiger partial charge in [-0.05, 0) is 18.1 Å². The summed E-state index contributed by atoms with van der Waals surface area (Å²) < 4.78 is 37.2. The molecule has 96 valence electrons. The van der Waals surface area contributed by atoms with Crippen LogP contribution in [-0.4, -0.2) is 22.7 Å². The van der Waals surface area contributed by atoms with Crippen molar-refractivity contribution >= 4 is 5.82 Å². The maximum absolute atomic E-state index is 12.4. The number of alkyl halides is 3. The molecule has 0 amide bonds. The lowest BCUT2D eigenvalue weighted by Crippen LogP contribution is -2.30. The highest BCUT2D eigenvalue weighted by Gasteiger charge is 2.32. The number of aliphatic hydroxyl groups excluding tert-OH is 1. The SMILES string of the molecule is CC(C)C(CO)Nc1cccc(C(F)(F)F)n1. The van der Waals surface area contributed by atoms with Crippen molar-refractivity contribution in [1.29, 1.82) is 0 Å². The maximum atomic E-state index is 12.4. The lowest BCUT2D eigenvalue weighted by atomic mass is 10.1. The van der Waals surface area contributed by atoms with Gasteiger partial charge in [0.05, 0.1) is 12.6 Å². The van der Waals surface area contributed by atoms with Gasteiger partial charge in [-0.1, -0.05) is 19.9 Å². The molecule has 0 fully saturated rings. The van der Waals surface area contributed by atoms with E-state index in [0.717, 1.165) is 6.07 Å². The molecule has 0 aromatic carbocycles. The Bertz CT molecular complexity index is 366. The molecule has 0 saturated carbocycles. The van der Waals surface area contributed by atoms with Crippen LogP contribution in [-0.2, 0) is 6.18 Å². The van der Waals surface area contributed by atoms with Crippen LogP contribution in [0.25, 0.3) is 0 Å². The number of pyridine rings is 1. The summed E-state index contributed by atoms with van der Waals surface area (Å²) in [7, 11) is 0. The van der Waals surface area contributed by atoms with E-state index in [0.29, 0.717) is 0 Å². The number of anilines is 1. The highest BCUT2D eigenvalue weighted by Crippen LogP contribution is 2.28. The summed E-state index contributed by atoms with van der Waals surface area (Å²) in [5.41, 5.74) is -0.942. The zero-order chi connectivity index (χ0) is 13.1. The Kier molecular flexibility index (Phi) is 4.34. The van der Waals surface area contributed by atoms with Crippen LogP contribution in [0, 0.1) is 5.92 Å². The van der Waals surface area contributed by atoms with E-state index in [9.17, 15) is 13.2 Å². The quantitative estimate of drug-likeness (QED) is 0.860. The molecule has 0 saturated heterocycles. The third-order valence-electron chi connectivity index (χ3n) is 2.37. The highest BCUT2D eigenvalue weighted by molar-refractivity contribution is 5.37. The number of nitrogens with zero attached hydrogens (tertiary/aromatic N) is 1. The summed E-state index contributed by atoms with van der Waals surface area (Å²) in [6.45, 7) is 3.57. The smallest absolute Gasteiger partial charge is 0.394 e. The normalized spacial score (nSPS) is 13.8. The van der Waals surface area contributed by atoms with Gasteiger partial charge in [0.1, 0.15) is 11.5 Å². The van der Waals surface area contributed by atoms with E-state index in [1.54, 1.807) is 0 Å². The Morgan fingerprint density at radius 3 is 2.47 bits per heavy atom. The van der Waals surface area contributed by atoms with Crippen molar-refractivity contribution in [2.24, 2.45) is 5.92 Å². The van der Waals surface area contributed by atoms with Crippen molar-refractivity contribution in [3.05, 3.63) is 23.9 Å². The van der Waals surface area contributed by atoms with Crippen LogP contribution in [0.2, 0.25) is 0 Å². The fourth-order valence-corrected chi connectivity index (χ4v) is 1.29. The Labute approximate surface area is 97.7 Å². The molecule has 6 heteroatoms. The maximum Gasteiger partial charge on any atom is 0.433 e. The minimum atomic E-state index is -4.45. The number of aromatic nitrogens is 1. The van der Waals surface area contributed by atoms with Crippen LogP contribution in [0.5, 0.6) is 0 Å². The molecule has 1 rings (SSSR count). The molecule has 0 spiro atoms. The third-order valence-corrected chi connectivity index (χ3v) is 2.37. The molecular formula is C11H15F3N2O. The van der Waals surface area contributed by atoms with Gasteiger partial charge in [-0.3, -0.25) is 0 Å². The van der Waals surface area contributed by atoms with Crippen molar-refractivity contribution in [1.82, 2.24) is 4.98 Å². The summed E-state index contributed by atoms with van der Waals surface area (Å²) >= 11 is 0. The van der Waals surface area contributed by atoms with E-state index in [-0.39, 0.29) is 24.4 Å². The highest BCUT2D eigenvalue weighted by atomic mass is 19.4. The molecule has 1 unspecified atom stereocenters. The summed E-state index contributed by atoms with van der Waals surface area (Å²) in [5, 5.41) is 11.9. The number of nitrogens with one attached hydrogen (secondary N) is 1. The first-order valence-corrected chi connectivity index (χ1v) is 5.26. The van der Waals surface area contributed by atoms with Gasteiger partial charge < -0.3 is 10.4 Å². The number of halogens is 3. The van der Waals surface area contributed by atoms with E-state index in [4.69, 9.17) is 5.11 Å². The van der Waals surface area contributed by atoms with Crippen molar-refractivity contribution in [2.45, 2.75) is 26.1 Å². The molecule has 1 aromatic rings. The van der Waals surface area contributed by atoms with Crippen LogP contribution in [0.15, 0.2) is 18.2 Å². The van der Waals surface area contributed by atoms with E-state index in [2.05, 4.69) is 10.3 Å². The van der Waals surface area contributed by atoms with E-state index >= 15 is 0 Å². The lowest BCUT2D eigenvalue weighted by Gasteiger charge is -2.20. The summed E-state index contributed by atoms with van der Waals surface area (Å²) in [6, 6.07) is 3.33. The fraction of sp³-hybridized carbons (Fsp3) is 0.545. The van der Waals surface area contributed by atoms with Gasteiger partial charge in [0.15, 0.2) is 0 Å². The third kappa shape index (κ3) is 3.89. The molecule has 3 nitrogen and oxygen atoms in total. The van der Waals surface area contributed by atoms with Gasteiger partial charge in [-0.2, -0.15) is 13.2 Å². The summed E-state index contributed by atoms with van der Waals surface area (Å²) in [4.78, 5) is 3.47. The average Bonchev–Trinajstić information content (AvgIpc) is 2.24. The molecule has 0 aliphatic carbocycles. The van der Waals surface area contributed by atoms with Crippen molar-refractivity contribution in [2.75, 3.05) is 11.9 Å². The topological polar surface area (TPSA) is 45.1 Å². The zero-order valence-electron chi connectivity index (χ0n) is 9.62. The van der Waals surface area contributed by atoms with Crippen molar-refractivity contribution < 1.29 is 18.3 Å². The van der Waals surface area contributed by atoms with Gasteiger partial charge in [-0.25, -0.2) is 4.98 Å². The standard InChI is InChI=1S/C11H15F3N2O/c1-7(2)8(6-17)15-10-5-3-4-9(16-10)11(12,13)14/h3-5,7-8,17H,6H2,1-2H3,(H,15,16). The molecule has 0 aliphatic rings. The Hall–Kier alpha value is -1.30. The van der Waals surface area contributed by atoms with E-state index in [1.807, 2.05) is 13.8 Å². The largest absolute Gasteiger partial charge is 0.433 e. The first kappa shape index (κ1) is 13.8. The lowest BCUT2D eigenvalue weighted by molar-refractivity contribution is -0.141. The van der Waals surface area contributed by atoms with E-state index < -0.39 is 11.9 Å². The Morgan fingerprint density at radius 2 is 2.00 bits per heavy atom. The second kappa shape index (κ2) is 5.35. The van der Waals surface area contributed by atoms with Crippen molar-refractivity contribution in [3.63, 3.8) is 0 Å². The molecule has 17 heavy (non-hydrogen) atoms. The number of aliphatic hydroxyl groups is 1. The van der Waals surface area contributed by atoms with E-state index in [1.165, 1.54) is 12.1 Å². The molecule has 1 atom stereocenters. The van der Waals surface area contributed by atoms with Crippen LogP contribution < -0.4 is 5.32 Å². The van der Waals surface area contributed by atoms with Gasteiger partial charge >= 0.3 is 6.18 Å². The number of rotatable bonds is 4. The molecule has 0 radical (unpaired) electrons. The number of hydrogen-bond acceptors (Lipinski definition) is 3. The molecule has 0 bridgehead atoms. The first-order chi connectivity index (χ1) is 7.84. The second-order valence-electron chi connectivity index (χ2n) is 4.08. The van der Waals surface area contributed by atoms with Gasteiger partial charge in [-0.15, -0.1) is 0 Å². The molecule has 2 N–H and O–H groups in total. The van der Waals surface area contributed by atoms with Crippen LogP contribution in [0.1, 0.15) is 19.5 Å². The predicted octanol–water partition coefficient (Wildman–Crippen LogP) is 2.53. The van der Waals surface area contributed by atoms with Gasteiger partial charge in [0.25, 0.3) is 0 Å². The average molecular weight is 248 g/mol. The van der Waals surface area contributed by atoms with Gasteiger partial charge in [0.2, 0.25) is 0 Å². The van der Waals surface area contributed by atoms with Crippen molar-refractivity contribution in [3.8, 4) is 0 Å². The molecule has 1 aromatic heterocycles. The van der Waals surface area contributed by atoms with Gasteiger partial charge in [0, 0.05) is 0 Å². The monoisotopic (exact) mass is 248 g/mol. The minimum Gasteiger partial charge on any atom is -0.394 e. The van der Waals surface area contributed by atoms with Crippen LogP contribution >= 0.6 is 0 Å². The Balaban J connectivity index is 2.85. The molecular weight excluding hydrogens is 233 g/mol. The Morgan fingerprint density at radius 1 is 1.35 bits per heavy atom. The first-order valence-electron chi connectivity index (χ1n) is 5.26. The summed E-state index contributed by atoms with van der Waals surface area (Å²) in [5.74, 6) is 0.212. The predicted molar refractivity (Wildman–Crippen MR) is 58.6 cm³/mol.